The Labute approximate surface area is 237 Å². The van der Waals surface area contributed by atoms with E-state index >= 15 is 0 Å². The zero-order chi connectivity index (χ0) is 29.4. The summed E-state index contributed by atoms with van der Waals surface area (Å²) in [7, 11) is -3.89. The highest BCUT2D eigenvalue weighted by molar-refractivity contribution is 7.92. The number of hydrogen-bond acceptors (Lipinski definition) is 4. The summed E-state index contributed by atoms with van der Waals surface area (Å²) in [4.78, 5) is 29.1. The van der Waals surface area contributed by atoms with Crippen molar-refractivity contribution >= 4 is 27.5 Å². The van der Waals surface area contributed by atoms with Gasteiger partial charge in [0.2, 0.25) is 21.8 Å². The number of halogens is 1. The third kappa shape index (κ3) is 7.91. The second-order valence-electron chi connectivity index (χ2n) is 10.1. The average Bonchev–Trinajstić information content (AvgIpc) is 2.90. The van der Waals surface area contributed by atoms with Crippen LogP contribution in [0.15, 0.2) is 72.8 Å². The first kappa shape index (κ1) is 30.8. The van der Waals surface area contributed by atoms with Crippen molar-refractivity contribution < 1.29 is 22.4 Å². The number of para-hydroxylation sites is 1. The number of nitrogens with zero attached hydrogens (tertiary/aromatic N) is 2. The molecule has 2 unspecified atom stereocenters. The number of carbonyl (C=O) groups excluding carboxylic acids is 2. The molecular formula is C31H38FN3O4S. The van der Waals surface area contributed by atoms with Gasteiger partial charge in [-0.15, -0.1) is 0 Å². The van der Waals surface area contributed by atoms with E-state index in [9.17, 15) is 22.4 Å². The lowest BCUT2D eigenvalue weighted by Gasteiger charge is -2.34. The van der Waals surface area contributed by atoms with Crippen LogP contribution in [0.4, 0.5) is 10.1 Å². The Kier molecular flexibility index (Phi) is 10.5. The Hall–Kier alpha value is -3.72. The number of nitrogens with one attached hydrogen (secondary N) is 1. The molecule has 0 saturated heterocycles. The van der Waals surface area contributed by atoms with Gasteiger partial charge in [0.05, 0.1) is 11.9 Å². The van der Waals surface area contributed by atoms with Crippen molar-refractivity contribution in [3.63, 3.8) is 0 Å². The predicted molar refractivity (Wildman–Crippen MR) is 157 cm³/mol. The normalized spacial score (nSPS) is 12.8. The lowest BCUT2D eigenvalue weighted by Crippen LogP contribution is -2.54. The Morgan fingerprint density at radius 3 is 2.10 bits per heavy atom. The van der Waals surface area contributed by atoms with Crippen molar-refractivity contribution in [1.29, 1.82) is 0 Å². The van der Waals surface area contributed by atoms with E-state index in [1.54, 1.807) is 44.2 Å². The Morgan fingerprint density at radius 1 is 0.925 bits per heavy atom. The fourth-order valence-electron chi connectivity index (χ4n) is 4.58. The molecule has 3 aromatic rings. The van der Waals surface area contributed by atoms with Gasteiger partial charge in [-0.2, -0.15) is 0 Å². The summed E-state index contributed by atoms with van der Waals surface area (Å²) in [6.07, 6.45) is 1.90. The third-order valence-electron chi connectivity index (χ3n) is 6.94. The molecule has 0 heterocycles. The van der Waals surface area contributed by atoms with Crippen molar-refractivity contribution in [2.24, 2.45) is 0 Å². The Balaban J connectivity index is 2.11. The summed E-state index contributed by atoms with van der Waals surface area (Å²) in [6.45, 7) is 6.61. The Morgan fingerprint density at radius 2 is 1.52 bits per heavy atom. The third-order valence-corrected chi connectivity index (χ3v) is 8.05. The van der Waals surface area contributed by atoms with Crippen LogP contribution in [0.3, 0.4) is 0 Å². The number of hydrogen-bond donors (Lipinski definition) is 1. The standard InChI is InChI=1S/C31H38FN3O4S/c1-6-24(4)33-31(37)28(19-25-15-8-7-9-16-25)34(20-26-17-10-11-18-27(26)32)29(36)21-35(40(5,38)39)30-22(2)13-12-14-23(30)3/h7-18,24,28H,6,19-21H2,1-5H3,(H,33,37). The number of benzene rings is 3. The molecule has 9 heteroatoms. The first-order chi connectivity index (χ1) is 18.9. The topological polar surface area (TPSA) is 86.8 Å². The Bertz CT molecular complexity index is 1410. The maximum absolute atomic E-state index is 14.8. The highest BCUT2D eigenvalue weighted by Crippen LogP contribution is 2.27. The first-order valence-corrected chi connectivity index (χ1v) is 15.2. The maximum Gasteiger partial charge on any atom is 0.244 e. The predicted octanol–water partition coefficient (Wildman–Crippen LogP) is 4.76. The van der Waals surface area contributed by atoms with E-state index in [0.717, 1.165) is 16.1 Å². The van der Waals surface area contributed by atoms with Gasteiger partial charge in [0.25, 0.3) is 0 Å². The van der Waals surface area contributed by atoms with Crippen LogP contribution in [0.2, 0.25) is 0 Å². The number of carbonyl (C=O) groups is 2. The lowest BCUT2D eigenvalue weighted by atomic mass is 10.0. The summed E-state index contributed by atoms with van der Waals surface area (Å²) < 4.78 is 41.9. The zero-order valence-corrected chi connectivity index (χ0v) is 24.5. The van der Waals surface area contributed by atoms with Gasteiger partial charge in [-0.05, 0) is 49.9 Å². The minimum absolute atomic E-state index is 0.154. The largest absolute Gasteiger partial charge is 0.352 e. The molecule has 0 fully saturated rings. The second kappa shape index (κ2) is 13.6. The number of rotatable bonds is 12. The number of amides is 2. The molecule has 0 saturated carbocycles. The number of anilines is 1. The van der Waals surface area contributed by atoms with E-state index in [1.807, 2.05) is 50.2 Å². The average molecular weight is 568 g/mol. The van der Waals surface area contributed by atoms with Crippen LogP contribution in [0, 0.1) is 19.7 Å². The lowest BCUT2D eigenvalue weighted by molar-refractivity contribution is -0.140. The van der Waals surface area contributed by atoms with Crippen molar-refractivity contribution in [2.75, 3.05) is 17.1 Å². The van der Waals surface area contributed by atoms with Gasteiger partial charge < -0.3 is 10.2 Å². The highest BCUT2D eigenvalue weighted by Gasteiger charge is 2.34. The van der Waals surface area contributed by atoms with Crippen molar-refractivity contribution in [1.82, 2.24) is 10.2 Å². The molecule has 3 rings (SSSR count). The summed E-state index contributed by atoms with van der Waals surface area (Å²) in [5.74, 6) is -1.52. The number of aryl methyl sites for hydroxylation is 2. The molecular weight excluding hydrogens is 529 g/mol. The molecule has 0 aliphatic heterocycles. The molecule has 0 aliphatic carbocycles. The molecule has 40 heavy (non-hydrogen) atoms. The van der Waals surface area contributed by atoms with Gasteiger partial charge in [0.1, 0.15) is 18.4 Å². The molecule has 0 aliphatic rings. The van der Waals surface area contributed by atoms with Crippen LogP contribution in [-0.4, -0.2) is 50.0 Å². The van der Waals surface area contributed by atoms with E-state index in [4.69, 9.17) is 0 Å². The van der Waals surface area contributed by atoms with E-state index in [1.165, 1.54) is 11.0 Å². The molecule has 2 atom stereocenters. The fraction of sp³-hybridized carbons (Fsp3) is 0.355. The summed E-state index contributed by atoms with van der Waals surface area (Å²) in [5.41, 5.74) is 2.83. The van der Waals surface area contributed by atoms with Crippen LogP contribution in [0.5, 0.6) is 0 Å². The quantitative estimate of drug-likeness (QED) is 0.342. The van der Waals surface area contributed by atoms with Crippen molar-refractivity contribution in [3.05, 3.63) is 101 Å². The number of sulfonamides is 1. The fourth-order valence-corrected chi connectivity index (χ4v) is 5.54. The second-order valence-corrected chi connectivity index (χ2v) is 12.1. The van der Waals surface area contributed by atoms with Crippen molar-refractivity contribution in [3.8, 4) is 0 Å². The van der Waals surface area contributed by atoms with E-state index in [2.05, 4.69) is 5.32 Å². The minimum Gasteiger partial charge on any atom is -0.352 e. The summed E-state index contributed by atoms with van der Waals surface area (Å²) >= 11 is 0. The van der Waals surface area contributed by atoms with Crippen LogP contribution >= 0.6 is 0 Å². The maximum atomic E-state index is 14.8. The van der Waals surface area contributed by atoms with E-state index in [0.29, 0.717) is 23.2 Å². The summed E-state index contributed by atoms with van der Waals surface area (Å²) in [5, 5.41) is 2.96. The highest BCUT2D eigenvalue weighted by atomic mass is 32.2. The van der Waals surface area contributed by atoms with Crippen LogP contribution < -0.4 is 9.62 Å². The minimum atomic E-state index is -3.89. The SMILES string of the molecule is CCC(C)NC(=O)C(Cc1ccccc1)N(Cc1ccccc1F)C(=O)CN(c1c(C)cccc1C)S(C)(=O)=O. The van der Waals surface area contributed by atoms with Gasteiger partial charge in [-0.3, -0.25) is 13.9 Å². The molecule has 214 valence electrons. The molecule has 0 spiro atoms. The molecule has 0 bridgehead atoms. The van der Waals surface area contributed by atoms with E-state index in [-0.39, 0.29) is 30.5 Å². The van der Waals surface area contributed by atoms with Gasteiger partial charge in [-0.1, -0.05) is 73.7 Å². The smallest absolute Gasteiger partial charge is 0.244 e. The molecule has 3 aromatic carbocycles. The van der Waals surface area contributed by atoms with Crippen LogP contribution in [-0.2, 0) is 32.6 Å². The first-order valence-electron chi connectivity index (χ1n) is 13.3. The molecule has 2 amide bonds. The van der Waals surface area contributed by atoms with Crippen LogP contribution in [0.1, 0.15) is 42.5 Å². The summed E-state index contributed by atoms with van der Waals surface area (Å²) in [6, 6.07) is 19.5. The molecule has 7 nitrogen and oxygen atoms in total. The monoisotopic (exact) mass is 567 g/mol. The van der Waals surface area contributed by atoms with Gasteiger partial charge in [0.15, 0.2) is 0 Å². The molecule has 1 N–H and O–H groups in total. The van der Waals surface area contributed by atoms with Gasteiger partial charge in [-0.25, -0.2) is 12.8 Å². The van der Waals surface area contributed by atoms with Gasteiger partial charge >= 0.3 is 0 Å². The van der Waals surface area contributed by atoms with Crippen LogP contribution in [0.25, 0.3) is 0 Å². The van der Waals surface area contributed by atoms with E-state index < -0.39 is 34.3 Å². The molecule has 0 aromatic heterocycles. The molecule has 0 radical (unpaired) electrons. The zero-order valence-electron chi connectivity index (χ0n) is 23.7. The van der Waals surface area contributed by atoms with Crippen molar-refractivity contribution in [2.45, 2.75) is 59.2 Å². The van der Waals surface area contributed by atoms with Gasteiger partial charge in [0, 0.05) is 24.6 Å².